The van der Waals surface area contributed by atoms with E-state index in [1.807, 2.05) is 41.5 Å². The summed E-state index contributed by atoms with van der Waals surface area (Å²) in [5, 5.41) is 0. The van der Waals surface area contributed by atoms with E-state index in [0.29, 0.717) is 0 Å². The lowest BCUT2D eigenvalue weighted by atomic mass is 10.2. The van der Waals surface area contributed by atoms with Gasteiger partial charge < -0.3 is 4.74 Å². The summed E-state index contributed by atoms with van der Waals surface area (Å²) in [4.78, 5) is 2.45. The number of morpholine rings is 1. The number of hydrogen-bond donors (Lipinski definition) is 0. The molecule has 2 nitrogen and oxygen atoms in total. The maximum atomic E-state index is 5.20. The predicted molar refractivity (Wildman–Crippen MR) is 96.7 cm³/mol. The van der Waals surface area contributed by atoms with Crippen LogP contribution in [0.3, 0.4) is 0 Å². The zero-order chi connectivity index (χ0) is 16.8. The van der Waals surface area contributed by atoms with E-state index in [2.05, 4.69) is 32.6 Å². The van der Waals surface area contributed by atoms with Gasteiger partial charge in [-0.1, -0.05) is 75.7 Å². The van der Waals surface area contributed by atoms with Crippen molar-refractivity contribution < 1.29 is 4.74 Å². The first kappa shape index (κ1) is 28.1. The molecular weight excluding hydrogens is 246 g/mol. The predicted octanol–water partition coefficient (Wildman–Crippen LogP) is 5.86. The standard InChI is InChI=1S/C7H15NO.C5H12.3C2H6/c1-2-3-8-4-6-9-7-5-8;1-4-5(2)3;3*1-2/h2-7H2,1H3;5H,4H2,1-3H3;3*1-2H3. The first-order valence-corrected chi connectivity index (χ1v) is 9.00. The van der Waals surface area contributed by atoms with Gasteiger partial charge in [0, 0.05) is 13.1 Å². The molecule has 1 fully saturated rings. The number of hydrogen-bond acceptors (Lipinski definition) is 2. The Kier molecular flexibility index (Phi) is 44.1. The SMILES string of the molecule is CC.CC.CC.CCC(C)C.CCCN1CCOCC1. The highest BCUT2D eigenvalue weighted by Gasteiger charge is 2.07. The molecule has 1 aliphatic heterocycles. The summed E-state index contributed by atoms with van der Waals surface area (Å²) < 4.78 is 5.20. The van der Waals surface area contributed by atoms with Crippen LogP contribution >= 0.6 is 0 Å². The van der Waals surface area contributed by atoms with Crippen LogP contribution in [0.4, 0.5) is 0 Å². The first-order valence-electron chi connectivity index (χ1n) is 9.00. The average Bonchev–Trinajstić information content (AvgIpc) is 2.55. The molecule has 0 N–H and O–H groups in total. The molecule has 0 aliphatic carbocycles. The van der Waals surface area contributed by atoms with Crippen LogP contribution in [0.5, 0.6) is 0 Å². The molecule has 0 atom stereocenters. The van der Waals surface area contributed by atoms with Crippen molar-refractivity contribution in [2.24, 2.45) is 5.92 Å². The second kappa shape index (κ2) is 31.4. The van der Waals surface area contributed by atoms with Gasteiger partial charge in [0.2, 0.25) is 0 Å². The molecule has 0 aromatic carbocycles. The van der Waals surface area contributed by atoms with Gasteiger partial charge in [0.05, 0.1) is 13.2 Å². The third kappa shape index (κ3) is 30.7. The van der Waals surface area contributed by atoms with E-state index in [1.165, 1.54) is 19.4 Å². The van der Waals surface area contributed by atoms with Gasteiger partial charge in [-0.15, -0.1) is 0 Å². The fourth-order valence-electron chi connectivity index (χ4n) is 1.14. The molecule has 0 unspecified atom stereocenters. The Hall–Kier alpha value is -0.0800. The maximum absolute atomic E-state index is 5.20. The summed E-state index contributed by atoms with van der Waals surface area (Å²) in [6.07, 6.45) is 2.57. The van der Waals surface area contributed by atoms with E-state index >= 15 is 0 Å². The molecular formula is C18H45NO. The first-order chi connectivity index (χ1) is 9.70. The van der Waals surface area contributed by atoms with Crippen molar-refractivity contribution in [3.63, 3.8) is 0 Å². The Bertz CT molecular complexity index is 107. The molecule has 1 aliphatic rings. The smallest absolute Gasteiger partial charge is 0.0594 e. The van der Waals surface area contributed by atoms with Gasteiger partial charge in [-0.2, -0.15) is 0 Å². The highest BCUT2D eigenvalue weighted by molar-refractivity contribution is 4.59. The molecule has 1 rings (SSSR count). The molecule has 2 heteroatoms. The van der Waals surface area contributed by atoms with Gasteiger partial charge in [0.25, 0.3) is 0 Å². The lowest BCUT2D eigenvalue weighted by Crippen LogP contribution is -2.36. The number of nitrogens with zero attached hydrogens (tertiary/aromatic N) is 1. The van der Waals surface area contributed by atoms with E-state index in [1.54, 1.807) is 0 Å². The minimum atomic E-state index is 0.884. The highest BCUT2D eigenvalue weighted by atomic mass is 16.5. The summed E-state index contributed by atoms with van der Waals surface area (Å²) in [6.45, 7) is 26.2. The van der Waals surface area contributed by atoms with Crippen molar-refractivity contribution >= 4 is 0 Å². The van der Waals surface area contributed by atoms with E-state index in [4.69, 9.17) is 4.74 Å². The Balaban J connectivity index is -0.000000100. The fourth-order valence-corrected chi connectivity index (χ4v) is 1.14. The molecule has 1 heterocycles. The van der Waals surface area contributed by atoms with Crippen LogP contribution in [-0.4, -0.2) is 37.7 Å². The Labute approximate surface area is 131 Å². The number of ether oxygens (including phenoxy) is 1. The molecule has 1 saturated heterocycles. The van der Waals surface area contributed by atoms with E-state index in [0.717, 1.165) is 32.2 Å². The monoisotopic (exact) mass is 291 g/mol. The molecule has 0 saturated carbocycles. The summed E-state index contributed by atoms with van der Waals surface area (Å²) in [7, 11) is 0. The topological polar surface area (TPSA) is 12.5 Å². The normalized spacial score (nSPS) is 13.3. The molecule has 128 valence electrons. The maximum Gasteiger partial charge on any atom is 0.0594 e. The summed E-state index contributed by atoms with van der Waals surface area (Å²) in [6, 6.07) is 0. The zero-order valence-corrected chi connectivity index (χ0v) is 16.4. The van der Waals surface area contributed by atoms with Crippen molar-refractivity contribution in [2.45, 2.75) is 82.1 Å². The van der Waals surface area contributed by atoms with Crippen LogP contribution in [-0.2, 0) is 4.74 Å². The van der Waals surface area contributed by atoms with Crippen molar-refractivity contribution in [3.8, 4) is 0 Å². The molecule has 20 heavy (non-hydrogen) atoms. The molecule has 0 aromatic heterocycles. The quantitative estimate of drug-likeness (QED) is 0.645. The Morgan fingerprint density at radius 2 is 1.20 bits per heavy atom. The lowest BCUT2D eigenvalue weighted by Gasteiger charge is -2.25. The second-order valence-corrected chi connectivity index (χ2v) is 4.26. The highest BCUT2D eigenvalue weighted by Crippen LogP contribution is 1.96. The molecule has 0 aromatic rings. The molecule has 0 spiro atoms. The van der Waals surface area contributed by atoms with Gasteiger partial charge >= 0.3 is 0 Å². The molecule has 0 radical (unpaired) electrons. The Morgan fingerprint density at radius 3 is 1.45 bits per heavy atom. The largest absolute Gasteiger partial charge is 0.379 e. The van der Waals surface area contributed by atoms with Crippen LogP contribution < -0.4 is 0 Å². The minimum Gasteiger partial charge on any atom is -0.379 e. The third-order valence-corrected chi connectivity index (χ3v) is 2.46. The van der Waals surface area contributed by atoms with Crippen molar-refractivity contribution in [3.05, 3.63) is 0 Å². The van der Waals surface area contributed by atoms with Crippen molar-refractivity contribution in [2.75, 3.05) is 32.8 Å². The summed E-state index contributed by atoms with van der Waals surface area (Å²) in [5.41, 5.74) is 0. The van der Waals surface area contributed by atoms with Gasteiger partial charge in [-0.3, -0.25) is 4.90 Å². The van der Waals surface area contributed by atoms with Crippen LogP contribution in [0.2, 0.25) is 0 Å². The van der Waals surface area contributed by atoms with Crippen LogP contribution in [0.25, 0.3) is 0 Å². The van der Waals surface area contributed by atoms with Gasteiger partial charge in [-0.25, -0.2) is 0 Å². The Morgan fingerprint density at radius 1 is 0.850 bits per heavy atom. The molecule has 0 bridgehead atoms. The second-order valence-electron chi connectivity index (χ2n) is 4.26. The minimum absolute atomic E-state index is 0.884. The van der Waals surface area contributed by atoms with Crippen molar-refractivity contribution in [1.82, 2.24) is 4.90 Å². The number of rotatable bonds is 3. The van der Waals surface area contributed by atoms with Crippen LogP contribution in [0.15, 0.2) is 0 Å². The zero-order valence-electron chi connectivity index (χ0n) is 16.4. The van der Waals surface area contributed by atoms with Gasteiger partial charge in [-0.05, 0) is 18.9 Å². The summed E-state index contributed by atoms with van der Waals surface area (Å²) >= 11 is 0. The third-order valence-electron chi connectivity index (χ3n) is 2.46. The van der Waals surface area contributed by atoms with E-state index < -0.39 is 0 Å². The van der Waals surface area contributed by atoms with Crippen molar-refractivity contribution in [1.29, 1.82) is 0 Å². The van der Waals surface area contributed by atoms with E-state index in [9.17, 15) is 0 Å². The van der Waals surface area contributed by atoms with Gasteiger partial charge in [0.15, 0.2) is 0 Å². The van der Waals surface area contributed by atoms with Crippen LogP contribution in [0.1, 0.15) is 82.1 Å². The molecule has 0 amide bonds. The lowest BCUT2D eigenvalue weighted by molar-refractivity contribution is 0.0380. The average molecular weight is 292 g/mol. The van der Waals surface area contributed by atoms with E-state index in [-0.39, 0.29) is 0 Å². The van der Waals surface area contributed by atoms with Crippen LogP contribution in [0, 0.1) is 5.92 Å². The van der Waals surface area contributed by atoms with Gasteiger partial charge in [0.1, 0.15) is 0 Å². The fraction of sp³-hybridized carbons (Fsp3) is 1.00. The summed E-state index contributed by atoms with van der Waals surface area (Å²) in [5.74, 6) is 0.884.